The van der Waals surface area contributed by atoms with Crippen molar-refractivity contribution >= 4 is 40.1 Å². The SMILES string of the molecule is O=C(NCC(c1ccc(CI)cc1)C(c1ccccc1)c1ccccc1)c1ccc(Cl)cc1. The molecule has 1 unspecified atom stereocenters. The Morgan fingerprint density at radius 2 is 1.27 bits per heavy atom. The highest BCUT2D eigenvalue weighted by molar-refractivity contribution is 14.1. The molecule has 4 aromatic rings. The van der Waals surface area contributed by atoms with E-state index < -0.39 is 0 Å². The molecule has 0 aliphatic carbocycles. The van der Waals surface area contributed by atoms with Gasteiger partial charge >= 0.3 is 0 Å². The van der Waals surface area contributed by atoms with E-state index in [4.69, 9.17) is 11.6 Å². The van der Waals surface area contributed by atoms with E-state index in [1.165, 1.54) is 22.3 Å². The highest BCUT2D eigenvalue weighted by Gasteiger charge is 2.27. The van der Waals surface area contributed by atoms with Crippen molar-refractivity contribution in [1.82, 2.24) is 5.32 Å². The van der Waals surface area contributed by atoms with Crippen molar-refractivity contribution in [2.75, 3.05) is 6.54 Å². The second kappa shape index (κ2) is 11.5. The number of carbonyl (C=O) groups excluding carboxylic acids is 1. The van der Waals surface area contributed by atoms with Crippen LogP contribution in [0.15, 0.2) is 109 Å². The molecule has 4 aromatic carbocycles. The Labute approximate surface area is 214 Å². The average molecular weight is 566 g/mol. The van der Waals surface area contributed by atoms with Gasteiger partial charge in [0.15, 0.2) is 0 Å². The summed E-state index contributed by atoms with van der Waals surface area (Å²) in [4.78, 5) is 12.9. The van der Waals surface area contributed by atoms with Crippen LogP contribution in [-0.2, 0) is 4.43 Å². The Morgan fingerprint density at radius 3 is 1.79 bits per heavy atom. The molecule has 0 aliphatic heterocycles. The normalized spacial score (nSPS) is 11.8. The summed E-state index contributed by atoms with van der Waals surface area (Å²) >= 11 is 8.38. The highest BCUT2D eigenvalue weighted by atomic mass is 127. The molecule has 0 heterocycles. The molecule has 0 saturated heterocycles. The van der Waals surface area contributed by atoms with Gasteiger partial charge in [-0.25, -0.2) is 0 Å². The van der Waals surface area contributed by atoms with Crippen LogP contribution in [0.4, 0.5) is 0 Å². The lowest BCUT2D eigenvalue weighted by Gasteiger charge is -2.29. The van der Waals surface area contributed by atoms with Crippen molar-refractivity contribution in [2.24, 2.45) is 0 Å². The van der Waals surface area contributed by atoms with Crippen LogP contribution in [0.3, 0.4) is 0 Å². The standard InChI is InChI=1S/C29H25ClINO/c30-26-17-15-25(16-18-26)29(33)32-20-27(22-13-11-21(19-31)12-14-22)28(23-7-3-1-4-8-23)24-9-5-2-6-10-24/h1-18,27-28H,19-20H2,(H,32,33). The molecule has 4 rings (SSSR count). The molecule has 0 spiro atoms. The Bertz CT molecular complexity index is 1120. The van der Waals surface area contributed by atoms with Crippen molar-refractivity contribution in [3.8, 4) is 0 Å². The van der Waals surface area contributed by atoms with Gasteiger partial charge in [-0.15, -0.1) is 0 Å². The molecule has 0 radical (unpaired) electrons. The van der Waals surface area contributed by atoms with Crippen LogP contribution >= 0.6 is 34.2 Å². The van der Waals surface area contributed by atoms with Gasteiger partial charge in [-0.05, 0) is 46.5 Å². The summed E-state index contributed by atoms with van der Waals surface area (Å²) < 4.78 is 0.969. The molecule has 0 fully saturated rings. The van der Waals surface area contributed by atoms with E-state index in [1.807, 2.05) is 12.1 Å². The minimum absolute atomic E-state index is 0.0642. The van der Waals surface area contributed by atoms with E-state index in [-0.39, 0.29) is 17.7 Å². The average Bonchev–Trinajstić information content (AvgIpc) is 2.88. The fourth-order valence-corrected chi connectivity index (χ4v) is 4.80. The first-order chi connectivity index (χ1) is 16.2. The second-order valence-corrected chi connectivity index (χ2v) is 9.20. The van der Waals surface area contributed by atoms with Gasteiger partial charge in [0.05, 0.1) is 0 Å². The first-order valence-electron chi connectivity index (χ1n) is 10.9. The van der Waals surface area contributed by atoms with Gasteiger partial charge in [-0.2, -0.15) is 0 Å². The van der Waals surface area contributed by atoms with Crippen LogP contribution in [0.2, 0.25) is 5.02 Å². The van der Waals surface area contributed by atoms with E-state index in [9.17, 15) is 4.79 Å². The summed E-state index contributed by atoms with van der Waals surface area (Å²) in [6, 6.07) is 36.8. The number of carbonyl (C=O) groups is 1. The van der Waals surface area contributed by atoms with E-state index in [0.29, 0.717) is 17.1 Å². The predicted molar refractivity (Wildman–Crippen MR) is 145 cm³/mol. The van der Waals surface area contributed by atoms with Gasteiger partial charge in [-0.1, -0.05) is 119 Å². The lowest BCUT2D eigenvalue weighted by atomic mass is 9.77. The van der Waals surface area contributed by atoms with Crippen LogP contribution in [0.25, 0.3) is 0 Å². The summed E-state index contributed by atoms with van der Waals surface area (Å²) in [5.74, 6) is 0.0677. The highest BCUT2D eigenvalue weighted by Crippen LogP contribution is 2.38. The van der Waals surface area contributed by atoms with Crippen molar-refractivity contribution in [1.29, 1.82) is 0 Å². The third kappa shape index (κ3) is 6.04. The first-order valence-corrected chi connectivity index (χ1v) is 12.8. The van der Waals surface area contributed by atoms with E-state index in [0.717, 1.165) is 4.43 Å². The number of hydrogen-bond donors (Lipinski definition) is 1. The minimum Gasteiger partial charge on any atom is -0.351 e. The third-order valence-corrected chi connectivity index (χ3v) is 7.00. The summed E-state index contributed by atoms with van der Waals surface area (Å²) in [6.45, 7) is 0.513. The summed E-state index contributed by atoms with van der Waals surface area (Å²) in [5, 5.41) is 3.80. The summed E-state index contributed by atoms with van der Waals surface area (Å²) in [6.07, 6.45) is 0. The Morgan fingerprint density at radius 1 is 0.727 bits per heavy atom. The molecule has 33 heavy (non-hydrogen) atoms. The summed E-state index contributed by atoms with van der Waals surface area (Å²) in [5.41, 5.74) is 5.56. The number of halogens is 2. The smallest absolute Gasteiger partial charge is 0.251 e. The van der Waals surface area contributed by atoms with Gasteiger partial charge in [0, 0.05) is 33.4 Å². The van der Waals surface area contributed by atoms with Crippen LogP contribution in [-0.4, -0.2) is 12.5 Å². The Hall–Kier alpha value is -2.63. The van der Waals surface area contributed by atoms with Crippen LogP contribution in [0.5, 0.6) is 0 Å². The number of nitrogens with one attached hydrogen (secondary N) is 1. The zero-order valence-electron chi connectivity index (χ0n) is 18.1. The summed E-state index contributed by atoms with van der Waals surface area (Å²) in [7, 11) is 0. The second-order valence-electron chi connectivity index (χ2n) is 8.00. The van der Waals surface area contributed by atoms with Gasteiger partial charge in [-0.3, -0.25) is 4.79 Å². The monoisotopic (exact) mass is 565 g/mol. The Balaban J connectivity index is 1.71. The molecule has 1 amide bonds. The molecule has 0 aliphatic rings. The van der Waals surface area contributed by atoms with E-state index in [2.05, 4.69) is 101 Å². The molecule has 4 heteroatoms. The first kappa shape index (κ1) is 23.5. The zero-order valence-corrected chi connectivity index (χ0v) is 21.0. The number of amides is 1. The maximum absolute atomic E-state index is 12.9. The van der Waals surface area contributed by atoms with Crippen molar-refractivity contribution in [3.05, 3.63) is 142 Å². The molecule has 0 saturated carbocycles. The number of benzene rings is 4. The van der Waals surface area contributed by atoms with Crippen molar-refractivity contribution < 1.29 is 4.79 Å². The molecule has 1 atom stereocenters. The van der Waals surface area contributed by atoms with Crippen molar-refractivity contribution in [3.63, 3.8) is 0 Å². The van der Waals surface area contributed by atoms with E-state index >= 15 is 0 Å². The van der Waals surface area contributed by atoms with Crippen LogP contribution < -0.4 is 5.32 Å². The van der Waals surface area contributed by atoms with Crippen molar-refractivity contribution in [2.45, 2.75) is 16.3 Å². The topological polar surface area (TPSA) is 29.1 Å². The molecular weight excluding hydrogens is 541 g/mol. The van der Waals surface area contributed by atoms with Crippen LogP contribution in [0, 0.1) is 0 Å². The van der Waals surface area contributed by atoms with Gasteiger partial charge in [0.25, 0.3) is 5.91 Å². The molecule has 1 N–H and O–H groups in total. The maximum Gasteiger partial charge on any atom is 0.251 e. The quantitative estimate of drug-likeness (QED) is 0.173. The number of rotatable bonds is 8. The van der Waals surface area contributed by atoms with E-state index in [1.54, 1.807) is 24.3 Å². The molecular formula is C29H25ClINO. The Kier molecular flexibility index (Phi) is 8.19. The minimum atomic E-state index is -0.0968. The predicted octanol–water partition coefficient (Wildman–Crippen LogP) is 7.62. The third-order valence-electron chi connectivity index (χ3n) is 5.87. The van der Waals surface area contributed by atoms with Crippen LogP contribution in [0.1, 0.15) is 44.4 Å². The number of alkyl halides is 1. The maximum atomic E-state index is 12.9. The molecule has 0 bridgehead atoms. The lowest BCUT2D eigenvalue weighted by molar-refractivity contribution is 0.0950. The van der Waals surface area contributed by atoms with Gasteiger partial charge < -0.3 is 5.32 Å². The molecule has 2 nitrogen and oxygen atoms in total. The largest absolute Gasteiger partial charge is 0.351 e. The number of hydrogen-bond acceptors (Lipinski definition) is 1. The van der Waals surface area contributed by atoms with Gasteiger partial charge in [0.2, 0.25) is 0 Å². The molecule has 0 aromatic heterocycles. The zero-order chi connectivity index (χ0) is 23.0. The molecule has 166 valence electrons. The fraction of sp³-hybridized carbons (Fsp3) is 0.138. The fourth-order valence-electron chi connectivity index (χ4n) is 4.17. The lowest BCUT2D eigenvalue weighted by Crippen LogP contribution is -2.31. The van der Waals surface area contributed by atoms with Gasteiger partial charge in [0.1, 0.15) is 0 Å².